The van der Waals surface area contributed by atoms with Gasteiger partial charge in [-0.3, -0.25) is 0 Å². The molecule has 0 radical (unpaired) electrons. The summed E-state index contributed by atoms with van der Waals surface area (Å²) in [6.45, 7) is 6.75. The first-order valence-corrected chi connectivity index (χ1v) is 7.31. The fourth-order valence-electron chi connectivity index (χ4n) is 2.73. The lowest BCUT2D eigenvalue weighted by Gasteiger charge is -2.37. The summed E-state index contributed by atoms with van der Waals surface area (Å²) in [5, 5.41) is 13.2. The van der Waals surface area contributed by atoms with Crippen molar-refractivity contribution < 1.29 is 5.11 Å². The highest BCUT2D eigenvalue weighted by Crippen LogP contribution is 2.31. The minimum absolute atomic E-state index is 0.130. The van der Waals surface area contributed by atoms with Crippen molar-refractivity contribution in [3.05, 3.63) is 23.9 Å². The second kappa shape index (κ2) is 5.49. The van der Waals surface area contributed by atoms with Gasteiger partial charge in [0.15, 0.2) is 0 Å². The van der Waals surface area contributed by atoms with Crippen LogP contribution in [0.2, 0.25) is 0 Å². The number of nitrogens with zero attached hydrogens (tertiary/aromatic N) is 1. The molecule has 106 valence electrons. The van der Waals surface area contributed by atoms with Crippen LogP contribution in [0, 0.1) is 0 Å². The molecule has 1 heterocycles. The molecule has 0 amide bonds. The summed E-state index contributed by atoms with van der Waals surface area (Å²) in [5.41, 5.74) is 1.21. The normalized spacial score (nSPS) is 19.2. The predicted molar refractivity (Wildman–Crippen MR) is 79.5 cm³/mol. The zero-order valence-electron chi connectivity index (χ0n) is 12.4. The van der Waals surface area contributed by atoms with Gasteiger partial charge in [0.05, 0.1) is 12.1 Å². The third-order valence-electron chi connectivity index (χ3n) is 4.14. The van der Waals surface area contributed by atoms with Crippen LogP contribution in [0.15, 0.2) is 18.3 Å². The Bertz CT molecular complexity index is 400. The molecular weight excluding hydrogens is 236 g/mol. The average molecular weight is 262 g/mol. The van der Waals surface area contributed by atoms with Gasteiger partial charge in [0.2, 0.25) is 0 Å². The number of aliphatic hydroxyl groups excluding tert-OH is 1. The van der Waals surface area contributed by atoms with Crippen molar-refractivity contribution in [3.63, 3.8) is 0 Å². The van der Waals surface area contributed by atoms with Gasteiger partial charge in [-0.05, 0) is 29.9 Å². The fraction of sp³-hybridized carbons (Fsp3) is 0.688. The number of hydrogen-bond acceptors (Lipinski definition) is 3. The lowest BCUT2D eigenvalue weighted by atomic mass is 9.82. The van der Waals surface area contributed by atoms with E-state index in [1.165, 1.54) is 24.8 Å². The van der Waals surface area contributed by atoms with Crippen molar-refractivity contribution in [1.29, 1.82) is 0 Å². The van der Waals surface area contributed by atoms with Gasteiger partial charge in [0.1, 0.15) is 5.82 Å². The standard InChI is InChI=1S/C16H26N2O/c1-15(2,3)13-7-8-14(17-11-13)18-16(12-19)9-5-4-6-10-16/h7-8,11,19H,4-6,9-10,12H2,1-3H3,(H,17,18). The summed E-state index contributed by atoms with van der Waals surface area (Å²) < 4.78 is 0. The van der Waals surface area contributed by atoms with E-state index in [1.54, 1.807) is 0 Å². The highest BCUT2D eigenvalue weighted by molar-refractivity contribution is 5.40. The van der Waals surface area contributed by atoms with Crippen molar-refractivity contribution in [2.75, 3.05) is 11.9 Å². The number of anilines is 1. The average Bonchev–Trinajstić information content (AvgIpc) is 2.39. The van der Waals surface area contributed by atoms with Crippen molar-refractivity contribution in [3.8, 4) is 0 Å². The zero-order chi connectivity index (χ0) is 13.9. The number of rotatable bonds is 3. The van der Waals surface area contributed by atoms with Crippen LogP contribution in [0.25, 0.3) is 0 Å². The van der Waals surface area contributed by atoms with E-state index in [-0.39, 0.29) is 17.6 Å². The minimum atomic E-state index is -0.158. The Morgan fingerprint density at radius 3 is 2.37 bits per heavy atom. The summed E-state index contributed by atoms with van der Waals surface area (Å²) in [4.78, 5) is 4.51. The third-order valence-corrected chi connectivity index (χ3v) is 4.14. The maximum atomic E-state index is 9.70. The van der Waals surface area contributed by atoms with Crippen molar-refractivity contribution >= 4 is 5.82 Å². The largest absolute Gasteiger partial charge is 0.394 e. The first-order chi connectivity index (χ1) is 8.95. The lowest BCUT2D eigenvalue weighted by Crippen LogP contribution is -2.44. The van der Waals surface area contributed by atoms with Gasteiger partial charge in [-0.25, -0.2) is 4.98 Å². The molecule has 1 aliphatic carbocycles. The molecule has 19 heavy (non-hydrogen) atoms. The first kappa shape index (κ1) is 14.3. The summed E-state index contributed by atoms with van der Waals surface area (Å²) in [7, 11) is 0. The molecule has 1 aliphatic rings. The summed E-state index contributed by atoms with van der Waals surface area (Å²) in [6, 6.07) is 4.16. The predicted octanol–water partition coefficient (Wildman–Crippen LogP) is 3.49. The third kappa shape index (κ3) is 3.47. The van der Waals surface area contributed by atoms with E-state index < -0.39 is 0 Å². The Hall–Kier alpha value is -1.09. The maximum absolute atomic E-state index is 9.70. The van der Waals surface area contributed by atoms with E-state index >= 15 is 0 Å². The Balaban J connectivity index is 2.10. The number of pyridine rings is 1. The van der Waals surface area contributed by atoms with Crippen molar-refractivity contribution in [2.45, 2.75) is 63.8 Å². The minimum Gasteiger partial charge on any atom is -0.394 e. The van der Waals surface area contributed by atoms with Crippen LogP contribution < -0.4 is 5.32 Å². The van der Waals surface area contributed by atoms with E-state index in [0.717, 1.165) is 18.7 Å². The number of aliphatic hydroxyl groups is 1. The van der Waals surface area contributed by atoms with Crippen LogP contribution in [0.3, 0.4) is 0 Å². The van der Waals surface area contributed by atoms with Gasteiger partial charge in [-0.1, -0.05) is 46.1 Å². The van der Waals surface area contributed by atoms with Crippen LogP contribution in [0.1, 0.15) is 58.4 Å². The van der Waals surface area contributed by atoms with E-state index in [4.69, 9.17) is 0 Å². The second-order valence-corrected chi connectivity index (χ2v) is 6.81. The lowest BCUT2D eigenvalue weighted by molar-refractivity contribution is 0.172. The summed E-state index contributed by atoms with van der Waals surface area (Å²) in [6.07, 6.45) is 7.66. The van der Waals surface area contributed by atoms with E-state index in [9.17, 15) is 5.11 Å². The molecule has 0 aromatic carbocycles. The SMILES string of the molecule is CC(C)(C)c1ccc(NC2(CO)CCCCC2)nc1. The Morgan fingerprint density at radius 1 is 1.21 bits per heavy atom. The molecule has 3 nitrogen and oxygen atoms in total. The molecule has 2 rings (SSSR count). The Labute approximate surface area is 116 Å². The number of aromatic nitrogens is 1. The zero-order valence-corrected chi connectivity index (χ0v) is 12.4. The van der Waals surface area contributed by atoms with Gasteiger partial charge in [0.25, 0.3) is 0 Å². The molecule has 0 saturated heterocycles. The maximum Gasteiger partial charge on any atom is 0.126 e. The summed E-state index contributed by atoms with van der Waals surface area (Å²) in [5.74, 6) is 0.879. The van der Waals surface area contributed by atoms with E-state index in [0.29, 0.717) is 0 Å². The summed E-state index contributed by atoms with van der Waals surface area (Å²) >= 11 is 0. The first-order valence-electron chi connectivity index (χ1n) is 7.31. The monoisotopic (exact) mass is 262 g/mol. The van der Waals surface area contributed by atoms with Crippen LogP contribution in [0.5, 0.6) is 0 Å². The molecule has 1 saturated carbocycles. The molecule has 0 aliphatic heterocycles. The molecular formula is C16H26N2O. The topological polar surface area (TPSA) is 45.1 Å². The van der Waals surface area contributed by atoms with Gasteiger partial charge in [-0.2, -0.15) is 0 Å². The smallest absolute Gasteiger partial charge is 0.126 e. The Kier molecular flexibility index (Phi) is 4.14. The van der Waals surface area contributed by atoms with E-state index in [2.05, 4.69) is 37.1 Å². The van der Waals surface area contributed by atoms with Crippen LogP contribution >= 0.6 is 0 Å². The molecule has 0 atom stereocenters. The van der Waals surface area contributed by atoms with Gasteiger partial charge in [0, 0.05) is 6.20 Å². The Morgan fingerprint density at radius 2 is 1.89 bits per heavy atom. The molecule has 1 aromatic heterocycles. The fourth-order valence-corrected chi connectivity index (χ4v) is 2.73. The number of nitrogens with one attached hydrogen (secondary N) is 1. The van der Waals surface area contributed by atoms with Crippen LogP contribution in [-0.2, 0) is 5.41 Å². The second-order valence-electron chi connectivity index (χ2n) is 6.81. The van der Waals surface area contributed by atoms with Gasteiger partial charge < -0.3 is 10.4 Å². The van der Waals surface area contributed by atoms with E-state index in [1.807, 2.05) is 12.3 Å². The van der Waals surface area contributed by atoms with Crippen LogP contribution in [0.4, 0.5) is 5.82 Å². The highest BCUT2D eigenvalue weighted by atomic mass is 16.3. The molecule has 0 spiro atoms. The highest BCUT2D eigenvalue weighted by Gasteiger charge is 2.31. The molecule has 0 bridgehead atoms. The van der Waals surface area contributed by atoms with Crippen molar-refractivity contribution in [2.24, 2.45) is 0 Å². The molecule has 2 N–H and O–H groups in total. The molecule has 0 unspecified atom stereocenters. The van der Waals surface area contributed by atoms with Crippen LogP contribution in [-0.4, -0.2) is 22.2 Å². The van der Waals surface area contributed by atoms with Gasteiger partial charge in [-0.15, -0.1) is 0 Å². The molecule has 1 aromatic rings. The quantitative estimate of drug-likeness (QED) is 0.876. The van der Waals surface area contributed by atoms with Gasteiger partial charge >= 0.3 is 0 Å². The van der Waals surface area contributed by atoms with Crippen molar-refractivity contribution in [1.82, 2.24) is 4.98 Å². The molecule has 1 fully saturated rings. The molecule has 3 heteroatoms. The number of hydrogen-bond donors (Lipinski definition) is 2.